The van der Waals surface area contributed by atoms with Crippen molar-refractivity contribution in [2.24, 2.45) is 0 Å². The van der Waals surface area contributed by atoms with Crippen molar-refractivity contribution in [3.8, 4) is 11.5 Å². The number of aliphatic hydroxyl groups excluding tert-OH is 1. The summed E-state index contributed by atoms with van der Waals surface area (Å²) in [6.45, 7) is 4.67. The van der Waals surface area contributed by atoms with Crippen LogP contribution >= 0.6 is 15.9 Å². The highest BCUT2D eigenvalue weighted by atomic mass is 79.9. The Morgan fingerprint density at radius 1 is 1.04 bits per heavy atom. The predicted octanol–water partition coefficient (Wildman–Crippen LogP) is 3.02. The number of hydrogen-bond acceptors (Lipinski definition) is 5. The van der Waals surface area contributed by atoms with Crippen LogP contribution in [-0.4, -0.2) is 62.6 Å². The molecule has 0 bridgehead atoms. The zero-order chi connectivity index (χ0) is 18.4. The molecular formula is C20H25BrN2O3. The SMILES string of the molecule is COc1ccc(N2CCN(C[C@H](O)COc3ccccc3Br)CC2)cc1. The Morgan fingerprint density at radius 2 is 1.73 bits per heavy atom. The van der Waals surface area contributed by atoms with Crippen molar-refractivity contribution in [1.29, 1.82) is 0 Å². The third-order valence-corrected chi connectivity index (χ3v) is 5.20. The summed E-state index contributed by atoms with van der Waals surface area (Å²) >= 11 is 3.45. The average molecular weight is 421 g/mol. The molecule has 5 nitrogen and oxygen atoms in total. The second-order valence-corrected chi connectivity index (χ2v) is 7.24. The van der Waals surface area contributed by atoms with Gasteiger partial charge in [0.15, 0.2) is 0 Å². The molecule has 6 heteroatoms. The quantitative estimate of drug-likeness (QED) is 0.745. The summed E-state index contributed by atoms with van der Waals surface area (Å²) in [5.74, 6) is 1.64. The Bertz CT molecular complexity index is 688. The second kappa shape index (κ2) is 9.26. The van der Waals surface area contributed by atoms with Gasteiger partial charge in [0, 0.05) is 38.4 Å². The van der Waals surface area contributed by atoms with Gasteiger partial charge < -0.3 is 19.5 Å². The van der Waals surface area contributed by atoms with Crippen LogP contribution < -0.4 is 14.4 Å². The minimum atomic E-state index is -0.505. The van der Waals surface area contributed by atoms with E-state index in [2.05, 4.69) is 37.9 Å². The zero-order valence-corrected chi connectivity index (χ0v) is 16.6. The van der Waals surface area contributed by atoms with E-state index in [1.54, 1.807) is 7.11 Å². The lowest BCUT2D eigenvalue weighted by Gasteiger charge is -2.36. The smallest absolute Gasteiger partial charge is 0.133 e. The number of piperazine rings is 1. The molecule has 1 saturated heterocycles. The first-order chi connectivity index (χ1) is 12.7. The van der Waals surface area contributed by atoms with Crippen LogP contribution in [0.5, 0.6) is 11.5 Å². The lowest BCUT2D eigenvalue weighted by atomic mass is 10.2. The first kappa shape index (κ1) is 19.0. The van der Waals surface area contributed by atoms with E-state index in [1.807, 2.05) is 36.4 Å². The number of hydrogen-bond donors (Lipinski definition) is 1. The average Bonchev–Trinajstić information content (AvgIpc) is 2.68. The summed E-state index contributed by atoms with van der Waals surface area (Å²) in [5.41, 5.74) is 1.21. The van der Waals surface area contributed by atoms with Crippen molar-refractivity contribution in [3.05, 3.63) is 53.0 Å². The van der Waals surface area contributed by atoms with Crippen LogP contribution in [0, 0.1) is 0 Å². The highest BCUT2D eigenvalue weighted by Gasteiger charge is 2.20. The van der Waals surface area contributed by atoms with Crippen LogP contribution in [0.3, 0.4) is 0 Å². The number of para-hydroxylation sites is 1. The van der Waals surface area contributed by atoms with Gasteiger partial charge in [0.05, 0.1) is 11.6 Å². The van der Waals surface area contributed by atoms with Crippen LogP contribution in [0.1, 0.15) is 0 Å². The van der Waals surface area contributed by atoms with Gasteiger partial charge in [-0.25, -0.2) is 0 Å². The van der Waals surface area contributed by atoms with Crippen LogP contribution in [0.4, 0.5) is 5.69 Å². The molecule has 0 radical (unpaired) electrons. The fourth-order valence-electron chi connectivity index (χ4n) is 3.08. The third kappa shape index (κ3) is 5.13. The molecule has 2 aromatic carbocycles. The number of methoxy groups -OCH3 is 1. The molecule has 1 N–H and O–H groups in total. The molecule has 1 heterocycles. The van der Waals surface area contributed by atoms with Gasteiger partial charge in [-0.1, -0.05) is 12.1 Å². The molecule has 140 valence electrons. The molecule has 1 aliphatic rings. The van der Waals surface area contributed by atoms with Gasteiger partial charge >= 0.3 is 0 Å². The molecule has 3 rings (SSSR count). The molecule has 26 heavy (non-hydrogen) atoms. The van der Waals surface area contributed by atoms with Gasteiger partial charge in [0.1, 0.15) is 24.2 Å². The fraction of sp³-hybridized carbons (Fsp3) is 0.400. The van der Waals surface area contributed by atoms with Crippen molar-refractivity contribution >= 4 is 21.6 Å². The molecule has 0 amide bonds. The summed E-state index contributed by atoms with van der Waals surface area (Å²) < 4.78 is 11.8. The molecule has 1 atom stereocenters. The number of β-amino-alcohol motifs (C(OH)–C–C–N with tert-alkyl or cyclic N) is 1. The summed E-state index contributed by atoms with van der Waals surface area (Å²) in [7, 11) is 1.68. The van der Waals surface area contributed by atoms with Crippen molar-refractivity contribution in [1.82, 2.24) is 4.90 Å². The molecule has 2 aromatic rings. The lowest BCUT2D eigenvalue weighted by molar-refractivity contribution is 0.0660. The number of nitrogens with zero attached hydrogens (tertiary/aromatic N) is 2. The lowest BCUT2D eigenvalue weighted by Crippen LogP contribution is -2.49. The molecule has 0 aliphatic carbocycles. The van der Waals surface area contributed by atoms with E-state index in [0.29, 0.717) is 13.2 Å². The Kier molecular flexibility index (Phi) is 6.77. The van der Waals surface area contributed by atoms with E-state index in [4.69, 9.17) is 9.47 Å². The largest absolute Gasteiger partial charge is 0.497 e. The van der Waals surface area contributed by atoms with E-state index in [0.717, 1.165) is 42.2 Å². The van der Waals surface area contributed by atoms with Crippen LogP contribution in [0.15, 0.2) is 53.0 Å². The normalized spacial score (nSPS) is 16.3. The molecule has 0 saturated carbocycles. The summed E-state index contributed by atoms with van der Waals surface area (Å²) in [6.07, 6.45) is -0.505. The Balaban J connectivity index is 1.42. The second-order valence-electron chi connectivity index (χ2n) is 6.38. The summed E-state index contributed by atoms with van der Waals surface area (Å²) in [4.78, 5) is 4.65. The van der Waals surface area contributed by atoms with Crippen LogP contribution in [-0.2, 0) is 0 Å². The molecule has 1 fully saturated rings. The molecule has 0 unspecified atom stereocenters. The minimum absolute atomic E-state index is 0.293. The van der Waals surface area contributed by atoms with Gasteiger partial charge in [0.25, 0.3) is 0 Å². The van der Waals surface area contributed by atoms with Crippen molar-refractivity contribution in [2.45, 2.75) is 6.10 Å². The zero-order valence-electron chi connectivity index (χ0n) is 15.0. The number of rotatable bonds is 7. The minimum Gasteiger partial charge on any atom is -0.497 e. The molecule has 0 spiro atoms. The van der Waals surface area contributed by atoms with E-state index < -0.39 is 6.10 Å². The van der Waals surface area contributed by atoms with Gasteiger partial charge in [-0.15, -0.1) is 0 Å². The van der Waals surface area contributed by atoms with Crippen LogP contribution in [0.25, 0.3) is 0 Å². The number of aliphatic hydroxyl groups is 1. The van der Waals surface area contributed by atoms with Crippen molar-refractivity contribution < 1.29 is 14.6 Å². The van der Waals surface area contributed by atoms with Gasteiger partial charge in [0.2, 0.25) is 0 Å². The summed E-state index contributed by atoms with van der Waals surface area (Å²) in [6, 6.07) is 15.9. The first-order valence-corrected chi connectivity index (χ1v) is 9.62. The van der Waals surface area contributed by atoms with Gasteiger partial charge in [-0.3, -0.25) is 4.90 Å². The highest BCUT2D eigenvalue weighted by molar-refractivity contribution is 9.10. The Hall–Kier alpha value is -1.76. The van der Waals surface area contributed by atoms with E-state index in [-0.39, 0.29) is 0 Å². The maximum Gasteiger partial charge on any atom is 0.133 e. The van der Waals surface area contributed by atoms with Gasteiger partial charge in [-0.05, 0) is 52.3 Å². The molecule has 0 aromatic heterocycles. The number of halogens is 1. The Morgan fingerprint density at radius 3 is 2.38 bits per heavy atom. The maximum absolute atomic E-state index is 10.3. The number of benzene rings is 2. The monoisotopic (exact) mass is 420 g/mol. The van der Waals surface area contributed by atoms with Gasteiger partial charge in [-0.2, -0.15) is 0 Å². The fourth-order valence-corrected chi connectivity index (χ4v) is 3.48. The third-order valence-electron chi connectivity index (χ3n) is 4.55. The topological polar surface area (TPSA) is 45.2 Å². The predicted molar refractivity (Wildman–Crippen MR) is 107 cm³/mol. The Labute approximate surface area is 163 Å². The summed E-state index contributed by atoms with van der Waals surface area (Å²) in [5, 5.41) is 10.3. The van der Waals surface area contributed by atoms with Crippen molar-refractivity contribution in [3.63, 3.8) is 0 Å². The standard InChI is InChI=1S/C20H25BrN2O3/c1-25-18-8-6-16(7-9-18)23-12-10-22(11-13-23)14-17(24)15-26-20-5-3-2-4-19(20)21/h2-9,17,24H,10-15H2,1H3/t17-/m0/s1. The number of ether oxygens (including phenoxy) is 2. The van der Waals surface area contributed by atoms with Crippen LogP contribution in [0.2, 0.25) is 0 Å². The van der Waals surface area contributed by atoms with Crippen molar-refractivity contribution in [2.75, 3.05) is 51.3 Å². The maximum atomic E-state index is 10.3. The van der Waals surface area contributed by atoms with E-state index >= 15 is 0 Å². The van der Waals surface area contributed by atoms with E-state index in [9.17, 15) is 5.11 Å². The first-order valence-electron chi connectivity index (χ1n) is 8.82. The van der Waals surface area contributed by atoms with E-state index in [1.165, 1.54) is 5.69 Å². The molecular weight excluding hydrogens is 396 g/mol. The highest BCUT2D eigenvalue weighted by Crippen LogP contribution is 2.24. The molecule has 1 aliphatic heterocycles. The number of anilines is 1.